The maximum Gasteiger partial charge on any atom is 0.0839 e. The molecular formula is C10H17Cl2IO. The molecule has 2 unspecified atom stereocenters. The quantitative estimate of drug-likeness (QED) is 0.522. The van der Waals surface area contributed by atoms with Gasteiger partial charge in [-0.15, -0.1) is 23.2 Å². The van der Waals surface area contributed by atoms with Gasteiger partial charge in [-0.25, -0.2) is 0 Å². The van der Waals surface area contributed by atoms with Crippen molar-refractivity contribution < 1.29 is 4.74 Å². The highest BCUT2D eigenvalue weighted by molar-refractivity contribution is 14.1. The molecule has 84 valence electrons. The lowest BCUT2D eigenvalue weighted by Crippen LogP contribution is -2.29. The Labute approximate surface area is 110 Å². The molecule has 0 heterocycles. The van der Waals surface area contributed by atoms with Crippen molar-refractivity contribution in [1.29, 1.82) is 0 Å². The largest absolute Gasteiger partial charge is 0.376 e. The molecule has 0 saturated heterocycles. The minimum absolute atomic E-state index is 0.121. The summed E-state index contributed by atoms with van der Waals surface area (Å²) in [6.45, 7) is 0.869. The lowest BCUT2D eigenvalue weighted by molar-refractivity contribution is 0.0476. The highest BCUT2D eigenvalue weighted by atomic mass is 127. The molecule has 0 radical (unpaired) electrons. The summed E-state index contributed by atoms with van der Waals surface area (Å²) in [4.78, 5) is 0. The minimum atomic E-state index is 0.121. The number of rotatable bonds is 6. The first kappa shape index (κ1) is 13.3. The van der Waals surface area contributed by atoms with E-state index in [9.17, 15) is 0 Å². The fourth-order valence-electron chi connectivity index (χ4n) is 1.78. The van der Waals surface area contributed by atoms with Gasteiger partial charge in [0.15, 0.2) is 0 Å². The van der Waals surface area contributed by atoms with Crippen LogP contribution in [-0.2, 0) is 4.74 Å². The summed E-state index contributed by atoms with van der Waals surface area (Å²) < 4.78 is 6.13. The Bertz CT molecular complexity index is 151. The summed E-state index contributed by atoms with van der Waals surface area (Å²) in [5.74, 6) is 1.93. The van der Waals surface area contributed by atoms with Gasteiger partial charge in [-0.05, 0) is 18.8 Å². The summed E-state index contributed by atoms with van der Waals surface area (Å²) in [6, 6.07) is 0. The number of halogens is 3. The van der Waals surface area contributed by atoms with Crippen LogP contribution in [0.1, 0.15) is 25.7 Å². The van der Waals surface area contributed by atoms with Gasteiger partial charge in [0.25, 0.3) is 0 Å². The fraction of sp³-hybridized carbons (Fsp3) is 1.00. The Morgan fingerprint density at radius 3 is 2.36 bits per heavy atom. The summed E-state index contributed by atoms with van der Waals surface area (Å²) in [6.07, 6.45) is 5.49. The van der Waals surface area contributed by atoms with Crippen molar-refractivity contribution in [3.8, 4) is 0 Å². The lowest BCUT2D eigenvalue weighted by Gasteiger charge is -2.21. The Balaban J connectivity index is 2.19. The van der Waals surface area contributed by atoms with E-state index in [1.165, 1.54) is 25.7 Å². The highest BCUT2D eigenvalue weighted by Gasteiger charge is 2.21. The topological polar surface area (TPSA) is 9.23 Å². The van der Waals surface area contributed by atoms with E-state index in [1.54, 1.807) is 0 Å². The fourth-order valence-corrected chi connectivity index (χ4v) is 3.05. The van der Waals surface area contributed by atoms with E-state index in [2.05, 4.69) is 22.6 Å². The van der Waals surface area contributed by atoms with Gasteiger partial charge < -0.3 is 4.74 Å². The summed E-state index contributed by atoms with van der Waals surface area (Å²) >= 11 is 13.9. The highest BCUT2D eigenvalue weighted by Crippen LogP contribution is 2.26. The van der Waals surface area contributed by atoms with Crippen molar-refractivity contribution in [2.45, 2.75) is 35.7 Å². The second kappa shape index (κ2) is 7.53. The van der Waals surface area contributed by atoms with Crippen molar-refractivity contribution >= 4 is 45.8 Å². The third kappa shape index (κ3) is 4.42. The molecule has 0 spiro atoms. The Hall–Kier alpha value is 1.27. The molecule has 1 saturated carbocycles. The zero-order valence-corrected chi connectivity index (χ0v) is 11.9. The van der Waals surface area contributed by atoms with Gasteiger partial charge in [-0.2, -0.15) is 0 Å². The predicted molar refractivity (Wildman–Crippen MR) is 70.9 cm³/mol. The van der Waals surface area contributed by atoms with Crippen LogP contribution in [0.25, 0.3) is 0 Å². The van der Waals surface area contributed by atoms with Crippen LogP contribution in [0.15, 0.2) is 0 Å². The second-order valence-electron chi connectivity index (χ2n) is 3.85. The molecule has 0 bridgehead atoms. The predicted octanol–water partition coefficient (Wildman–Crippen LogP) is 3.84. The Kier molecular flexibility index (Phi) is 7.17. The van der Waals surface area contributed by atoms with Crippen molar-refractivity contribution in [2.75, 3.05) is 18.4 Å². The average Bonchev–Trinajstić information content (AvgIpc) is 2.71. The maximum absolute atomic E-state index is 5.84. The van der Waals surface area contributed by atoms with Crippen LogP contribution in [0, 0.1) is 5.92 Å². The first-order chi connectivity index (χ1) is 6.77. The first-order valence-electron chi connectivity index (χ1n) is 5.15. The summed E-state index contributed by atoms with van der Waals surface area (Å²) in [5.41, 5.74) is 0. The van der Waals surface area contributed by atoms with E-state index in [0.29, 0.717) is 15.7 Å². The molecule has 0 amide bonds. The minimum Gasteiger partial charge on any atom is -0.376 e. The molecule has 1 aliphatic carbocycles. The van der Waals surface area contributed by atoms with Gasteiger partial charge in [0, 0.05) is 18.4 Å². The maximum atomic E-state index is 5.84. The molecule has 0 aromatic carbocycles. The second-order valence-corrected chi connectivity index (χ2v) is 6.06. The van der Waals surface area contributed by atoms with Gasteiger partial charge >= 0.3 is 0 Å². The molecule has 1 nitrogen and oxygen atoms in total. The number of hydrogen-bond acceptors (Lipinski definition) is 1. The van der Waals surface area contributed by atoms with Gasteiger partial charge in [-0.3, -0.25) is 0 Å². The van der Waals surface area contributed by atoms with Crippen LogP contribution in [-0.4, -0.2) is 28.4 Å². The zero-order chi connectivity index (χ0) is 10.4. The van der Waals surface area contributed by atoms with Gasteiger partial charge in [0.1, 0.15) is 0 Å². The van der Waals surface area contributed by atoms with Crippen LogP contribution < -0.4 is 0 Å². The number of ether oxygens (including phenoxy) is 1. The molecule has 0 aromatic heterocycles. The molecule has 14 heavy (non-hydrogen) atoms. The standard InChI is InChI=1S/C10H17Cl2IO/c11-5-9(13)10(6-12)14-7-8-3-1-2-4-8/h8-10H,1-7H2. The number of hydrogen-bond donors (Lipinski definition) is 0. The number of alkyl halides is 3. The van der Waals surface area contributed by atoms with Crippen molar-refractivity contribution in [3.05, 3.63) is 0 Å². The molecule has 1 rings (SSSR count). The van der Waals surface area contributed by atoms with Crippen LogP contribution >= 0.6 is 45.8 Å². The molecule has 2 atom stereocenters. The van der Waals surface area contributed by atoms with Gasteiger partial charge in [-0.1, -0.05) is 35.4 Å². The smallest absolute Gasteiger partial charge is 0.0839 e. The van der Waals surface area contributed by atoms with E-state index in [1.807, 2.05) is 0 Å². The molecule has 0 aliphatic heterocycles. The first-order valence-corrected chi connectivity index (χ1v) is 7.47. The van der Waals surface area contributed by atoms with Crippen molar-refractivity contribution in [2.24, 2.45) is 5.92 Å². The monoisotopic (exact) mass is 350 g/mol. The Morgan fingerprint density at radius 1 is 1.21 bits per heavy atom. The SMILES string of the molecule is ClCC(I)C(CCl)OCC1CCCC1. The molecule has 0 N–H and O–H groups in total. The van der Waals surface area contributed by atoms with E-state index in [4.69, 9.17) is 27.9 Å². The summed E-state index contributed by atoms with van der Waals surface area (Å²) in [7, 11) is 0. The summed E-state index contributed by atoms with van der Waals surface area (Å²) in [5, 5.41) is 0. The molecule has 1 fully saturated rings. The van der Waals surface area contributed by atoms with E-state index >= 15 is 0 Å². The molecule has 4 heteroatoms. The molecular weight excluding hydrogens is 334 g/mol. The Morgan fingerprint density at radius 2 is 1.86 bits per heavy atom. The third-order valence-corrected chi connectivity index (χ3v) is 5.12. The van der Waals surface area contributed by atoms with Crippen LogP contribution in [0.2, 0.25) is 0 Å². The lowest BCUT2D eigenvalue weighted by atomic mass is 10.1. The average molecular weight is 351 g/mol. The van der Waals surface area contributed by atoms with Crippen LogP contribution in [0.5, 0.6) is 0 Å². The normalized spacial score (nSPS) is 22.5. The van der Waals surface area contributed by atoms with Crippen molar-refractivity contribution in [3.63, 3.8) is 0 Å². The molecule has 0 aromatic rings. The third-order valence-electron chi connectivity index (χ3n) is 2.72. The van der Waals surface area contributed by atoms with Gasteiger partial charge in [0.05, 0.1) is 10.0 Å². The van der Waals surface area contributed by atoms with E-state index in [-0.39, 0.29) is 6.10 Å². The van der Waals surface area contributed by atoms with Crippen LogP contribution in [0.4, 0.5) is 0 Å². The van der Waals surface area contributed by atoms with E-state index < -0.39 is 0 Å². The van der Waals surface area contributed by atoms with Crippen molar-refractivity contribution in [1.82, 2.24) is 0 Å². The zero-order valence-electron chi connectivity index (χ0n) is 8.22. The van der Waals surface area contributed by atoms with Crippen LogP contribution in [0.3, 0.4) is 0 Å². The van der Waals surface area contributed by atoms with E-state index in [0.717, 1.165) is 12.5 Å². The van der Waals surface area contributed by atoms with Gasteiger partial charge in [0.2, 0.25) is 0 Å². The molecule has 1 aliphatic rings.